The minimum Gasteiger partial charge on any atom is -0.377 e. The molecule has 1 N–H and O–H groups in total. The molecule has 0 saturated carbocycles. The number of methoxy groups -OCH3 is 1. The lowest BCUT2D eigenvalue weighted by molar-refractivity contribution is -0.0111. The van der Waals surface area contributed by atoms with Crippen LogP contribution in [0.5, 0.6) is 0 Å². The quantitative estimate of drug-likeness (QED) is 0.836. The van der Waals surface area contributed by atoms with Gasteiger partial charge in [-0.15, -0.1) is 0 Å². The lowest BCUT2D eigenvalue weighted by atomic mass is 9.91. The first-order valence-electron chi connectivity index (χ1n) is 6.47. The van der Waals surface area contributed by atoms with Gasteiger partial charge in [0.05, 0.1) is 11.6 Å². The van der Waals surface area contributed by atoms with E-state index in [2.05, 4.69) is 12.2 Å². The van der Waals surface area contributed by atoms with Gasteiger partial charge >= 0.3 is 0 Å². The van der Waals surface area contributed by atoms with Crippen LogP contribution < -0.4 is 5.32 Å². The second kappa shape index (κ2) is 6.30. The third-order valence-electron chi connectivity index (χ3n) is 3.35. The maximum Gasteiger partial charge on any atom is 0.126 e. The predicted octanol–water partition coefficient (Wildman–Crippen LogP) is 3.60. The molecule has 1 aromatic carbocycles. The number of halogens is 1. The van der Waals surface area contributed by atoms with Crippen LogP contribution in [0.2, 0.25) is 0 Å². The monoisotopic (exact) mass is 253 g/mol. The summed E-state index contributed by atoms with van der Waals surface area (Å²) in [6.07, 6.45) is 1.03. The first kappa shape index (κ1) is 15.1. The van der Waals surface area contributed by atoms with Crippen molar-refractivity contribution in [2.75, 3.05) is 13.7 Å². The second-order valence-electron chi connectivity index (χ2n) is 5.20. The van der Waals surface area contributed by atoms with Gasteiger partial charge in [-0.2, -0.15) is 0 Å². The molecule has 0 spiro atoms. The molecule has 1 rings (SSSR count). The van der Waals surface area contributed by atoms with Gasteiger partial charge in [-0.1, -0.05) is 19.1 Å². The molecule has 0 heterocycles. The highest BCUT2D eigenvalue weighted by Crippen LogP contribution is 2.29. The topological polar surface area (TPSA) is 21.3 Å². The largest absolute Gasteiger partial charge is 0.377 e. The van der Waals surface area contributed by atoms with Gasteiger partial charge in [-0.05, 0) is 50.9 Å². The number of nitrogens with one attached hydrogen (secondary N) is 1. The van der Waals surface area contributed by atoms with Crippen molar-refractivity contribution < 1.29 is 9.13 Å². The fraction of sp³-hybridized carbons (Fsp3) is 0.600. The Kier molecular flexibility index (Phi) is 5.29. The smallest absolute Gasteiger partial charge is 0.126 e. The molecule has 0 aliphatic heterocycles. The molecule has 0 amide bonds. The molecule has 0 aliphatic rings. The Labute approximate surface area is 110 Å². The van der Waals surface area contributed by atoms with Crippen molar-refractivity contribution in [2.45, 2.75) is 45.8 Å². The number of ether oxygens (including phenoxy) is 1. The molecule has 2 nitrogen and oxygen atoms in total. The van der Waals surface area contributed by atoms with E-state index in [9.17, 15) is 4.39 Å². The van der Waals surface area contributed by atoms with Crippen LogP contribution >= 0.6 is 0 Å². The van der Waals surface area contributed by atoms with E-state index in [1.165, 1.54) is 0 Å². The lowest BCUT2D eigenvalue weighted by Gasteiger charge is -2.34. The zero-order valence-electron chi connectivity index (χ0n) is 12.0. The maximum atomic E-state index is 13.7. The molecule has 0 fully saturated rings. The number of benzene rings is 1. The summed E-state index contributed by atoms with van der Waals surface area (Å²) in [5.41, 5.74) is 1.22. The SMILES string of the molecule is CCCNC(c1ccc(C)c(F)c1)C(C)(C)OC. The predicted molar refractivity (Wildman–Crippen MR) is 73.3 cm³/mol. The average molecular weight is 253 g/mol. The summed E-state index contributed by atoms with van der Waals surface area (Å²) in [5.74, 6) is -0.164. The number of aryl methyl sites for hydroxylation is 1. The van der Waals surface area contributed by atoms with Gasteiger partial charge in [0.1, 0.15) is 5.82 Å². The van der Waals surface area contributed by atoms with E-state index in [0.717, 1.165) is 18.5 Å². The minimum absolute atomic E-state index is 0.0162. The van der Waals surface area contributed by atoms with E-state index < -0.39 is 0 Å². The van der Waals surface area contributed by atoms with Gasteiger partial charge in [0, 0.05) is 7.11 Å². The van der Waals surface area contributed by atoms with E-state index in [0.29, 0.717) is 5.56 Å². The van der Waals surface area contributed by atoms with Crippen molar-refractivity contribution in [2.24, 2.45) is 0 Å². The van der Waals surface area contributed by atoms with Gasteiger partial charge in [0.2, 0.25) is 0 Å². The van der Waals surface area contributed by atoms with E-state index in [-0.39, 0.29) is 17.5 Å². The molecule has 0 radical (unpaired) electrons. The van der Waals surface area contributed by atoms with E-state index in [1.807, 2.05) is 26.0 Å². The van der Waals surface area contributed by atoms with E-state index >= 15 is 0 Å². The minimum atomic E-state index is -0.378. The summed E-state index contributed by atoms with van der Waals surface area (Å²) in [5, 5.41) is 3.43. The molecule has 1 aromatic rings. The van der Waals surface area contributed by atoms with Crippen molar-refractivity contribution in [3.05, 3.63) is 35.1 Å². The van der Waals surface area contributed by atoms with Crippen LogP contribution in [0, 0.1) is 12.7 Å². The molecular weight excluding hydrogens is 229 g/mol. The van der Waals surface area contributed by atoms with Crippen molar-refractivity contribution in [3.63, 3.8) is 0 Å². The van der Waals surface area contributed by atoms with Crippen LogP contribution in [0.25, 0.3) is 0 Å². The third-order valence-corrected chi connectivity index (χ3v) is 3.35. The van der Waals surface area contributed by atoms with Crippen LogP contribution in [0.15, 0.2) is 18.2 Å². The van der Waals surface area contributed by atoms with Gasteiger partial charge in [0.25, 0.3) is 0 Å². The van der Waals surface area contributed by atoms with Gasteiger partial charge in [0.15, 0.2) is 0 Å². The van der Waals surface area contributed by atoms with Crippen LogP contribution in [0.1, 0.15) is 44.4 Å². The highest BCUT2D eigenvalue weighted by Gasteiger charge is 2.30. The molecular formula is C15H24FNO. The summed E-state index contributed by atoms with van der Waals surface area (Å²) in [6.45, 7) is 8.79. The third kappa shape index (κ3) is 3.53. The van der Waals surface area contributed by atoms with Crippen LogP contribution in [-0.4, -0.2) is 19.3 Å². The van der Waals surface area contributed by atoms with E-state index in [1.54, 1.807) is 20.1 Å². The second-order valence-corrected chi connectivity index (χ2v) is 5.20. The Bertz CT molecular complexity index is 390. The zero-order chi connectivity index (χ0) is 13.8. The van der Waals surface area contributed by atoms with Crippen molar-refractivity contribution in [1.82, 2.24) is 5.32 Å². The first-order chi connectivity index (χ1) is 8.42. The Morgan fingerprint density at radius 3 is 2.56 bits per heavy atom. The molecule has 18 heavy (non-hydrogen) atoms. The molecule has 1 atom stereocenters. The van der Waals surface area contributed by atoms with Gasteiger partial charge in [-0.25, -0.2) is 4.39 Å². The molecule has 0 bridgehead atoms. The summed E-state index contributed by atoms with van der Waals surface area (Å²) < 4.78 is 19.2. The average Bonchev–Trinajstić information content (AvgIpc) is 2.34. The Balaban J connectivity index is 3.05. The van der Waals surface area contributed by atoms with Crippen molar-refractivity contribution in [1.29, 1.82) is 0 Å². The van der Waals surface area contributed by atoms with Crippen molar-refractivity contribution >= 4 is 0 Å². The normalized spacial score (nSPS) is 13.7. The Hall–Kier alpha value is -0.930. The highest BCUT2D eigenvalue weighted by atomic mass is 19.1. The van der Waals surface area contributed by atoms with E-state index in [4.69, 9.17) is 4.74 Å². The van der Waals surface area contributed by atoms with Crippen LogP contribution in [0.4, 0.5) is 4.39 Å². The summed E-state index contributed by atoms with van der Waals surface area (Å²) in [6, 6.07) is 5.37. The molecule has 102 valence electrons. The Morgan fingerprint density at radius 1 is 1.39 bits per heavy atom. The fourth-order valence-corrected chi connectivity index (χ4v) is 1.96. The van der Waals surface area contributed by atoms with Crippen molar-refractivity contribution in [3.8, 4) is 0 Å². The highest BCUT2D eigenvalue weighted by molar-refractivity contribution is 5.27. The fourth-order valence-electron chi connectivity index (χ4n) is 1.96. The zero-order valence-corrected chi connectivity index (χ0v) is 12.0. The number of hydrogen-bond donors (Lipinski definition) is 1. The molecule has 1 unspecified atom stereocenters. The summed E-state index contributed by atoms with van der Waals surface area (Å²) in [7, 11) is 1.69. The summed E-state index contributed by atoms with van der Waals surface area (Å²) in [4.78, 5) is 0. The standard InChI is InChI=1S/C15H24FNO/c1-6-9-17-14(15(3,4)18-5)12-8-7-11(2)13(16)10-12/h7-8,10,14,17H,6,9H2,1-5H3. The van der Waals surface area contributed by atoms with Crippen LogP contribution in [0.3, 0.4) is 0 Å². The van der Waals surface area contributed by atoms with Crippen LogP contribution in [-0.2, 0) is 4.74 Å². The lowest BCUT2D eigenvalue weighted by Crippen LogP contribution is -2.41. The van der Waals surface area contributed by atoms with Gasteiger partial charge < -0.3 is 10.1 Å². The first-order valence-corrected chi connectivity index (χ1v) is 6.47. The molecule has 0 aromatic heterocycles. The molecule has 3 heteroatoms. The summed E-state index contributed by atoms with van der Waals surface area (Å²) >= 11 is 0. The number of rotatable bonds is 6. The molecule has 0 aliphatic carbocycles. The van der Waals surface area contributed by atoms with Gasteiger partial charge in [-0.3, -0.25) is 0 Å². The maximum absolute atomic E-state index is 13.7. The Morgan fingerprint density at radius 2 is 2.06 bits per heavy atom. The number of hydrogen-bond acceptors (Lipinski definition) is 2. The molecule has 0 saturated heterocycles.